The standard InChI is InChI=1S/C10H13NO6/c1-10(3-2-4-10)16-9(15)17-11-7(13)5-6(12)8(11)14/h5,12-14H,2-4H2,1H3. The minimum atomic E-state index is -1.05. The first kappa shape index (κ1) is 11.4. The van der Waals surface area contributed by atoms with Crippen molar-refractivity contribution in [3.63, 3.8) is 0 Å². The number of ether oxygens (including phenoxy) is 1. The van der Waals surface area contributed by atoms with Gasteiger partial charge in [-0.1, -0.05) is 4.73 Å². The van der Waals surface area contributed by atoms with Gasteiger partial charge in [0.15, 0.2) is 5.75 Å². The van der Waals surface area contributed by atoms with Crippen molar-refractivity contribution in [2.24, 2.45) is 0 Å². The number of aromatic hydroxyl groups is 3. The third-order valence-electron chi connectivity index (χ3n) is 2.80. The monoisotopic (exact) mass is 243 g/mol. The van der Waals surface area contributed by atoms with E-state index in [1.54, 1.807) is 6.92 Å². The fourth-order valence-corrected chi connectivity index (χ4v) is 1.62. The molecule has 0 aromatic carbocycles. The summed E-state index contributed by atoms with van der Waals surface area (Å²) in [5.74, 6) is -1.96. The predicted molar refractivity (Wildman–Crippen MR) is 54.7 cm³/mol. The van der Waals surface area contributed by atoms with Crippen LogP contribution >= 0.6 is 0 Å². The first-order chi connectivity index (χ1) is 7.91. The lowest BCUT2D eigenvalue weighted by Gasteiger charge is -2.36. The molecule has 0 aliphatic heterocycles. The van der Waals surface area contributed by atoms with Crippen molar-refractivity contribution in [2.75, 3.05) is 0 Å². The summed E-state index contributed by atoms with van der Waals surface area (Å²) in [5.41, 5.74) is -0.544. The number of carbonyl (C=O) groups is 1. The summed E-state index contributed by atoms with van der Waals surface area (Å²) in [6.07, 6.45) is 1.42. The Morgan fingerprint density at radius 2 is 2.06 bits per heavy atom. The van der Waals surface area contributed by atoms with Gasteiger partial charge in [0.05, 0.1) is 0 Å². The molecule has 7 heteroatoms. The zero-order valence-electron chi connectivity index (χ0n) is 9.21. The molecule has 17 heavy (non-hydrogen) atoms. The Morgan fingerprint density at radius 1 is 1.41 bits per heavy atom. The van der Waals surface area contributed by atoms with Crippen LogP contribution in [0.4, 0.5) is 4.79 Å². The van der Waals surface area contributed by atoms with Crippen molar-refractivity contribution in [3.8, 4) is 17.5 Å². The van der Waals surface area contributed by atoms with Gasteiger partial charge < -0.3 is 20.1 Å². The highest BCUT2D eigenvalue weighted by molar-refractivity contribution is 5.61. The molecule has 2 rings (SSSR count). The molecule has 1 aliphatic rings. The molecule has 1 fully saturated rings. The minimum absolute atomic E-state index is 0.389. The van der Waals surface area contributed by atoms with E-state index in [2.05, 4.69) is 4.84 Å². The van der Waals surface area contributed by atoms with Crippen molar-refractivity contribution in [1.82, 2.24) is 4.73 Å². The highest BCUT2D eigenvalue weighted by Gasteiger charge is 2.37. The van der Waals surface area contributed by atoms with Crippen molar-refractivity contribution in [3.05, 3.63) is 6.07 Å². The molecule has 1 aromatic rings. The van der Waals surface area contributed by atoms with Gasteiger partial charge in [-0.15, -0.1) is 0 Å². The molecular formula is C10H13NO6. The topological polar surface area (TPSA) is 101 Å². The zero-order chi connectivity index (χ0) is 12.6. The molecule has 94 valence electrons. The number of nitrogens with zero attached hydrogens (tertiary/aromatic N) is 1. The van der Waals surface area contributed by atoms with Crippen LogP contribution in [0.3, 0.4) is 0 Å². The van der Waals surface area contributed by atoms with Crippen LogP contribution in [-0.4, -0.2) is 31.8 Å². The maximum Gasteiger partial charge on any atom is 0.534 e. The summed E-state index contributed by atoms with van der Waals surface area (Å²) < 4.78 is 5.40. The largest absolute Gasteiger partial charge is 0.534 e. The van der Waals surface area contributed by atoms with Gasteiger partial charge >= 0.3 is 6.16 Å². The quantitative estimate of drug-likeness (QED) is 0.672. The van der Waals surface area contributed by atoms with Crippen molar-refractivity contribution >= 4 is 6.16 Å². The fraction of sp³-hybridized carbons (Fsp3) is 0.500. The molecule has 0 bridgehead atoms. The molecule has 1 heterocycles. The molecule has 1 aromatic heterocycles. The van der Waals surface area contributed by atoms with Gasteiger partial charge in [0, 0.05) is 6.07 Å². The molecule has 0 radical (unpaired) electrons. The Bertz CT molecular complexity index is 448. The summed E-state index contributed by atoms with van der Waals surface area (Å²) >= 11 is 0. The average molecular weight is 243 g/mol. The van der Waals surface area contributed by atoms with Crippen LogP contribution in [0.5, 0.6) is 17.5 Å². The summed E-state index contributed by atoms with van der Waals surface area (Å²) in [4.78, 5) is 15.9. The van der Waals surface area contributed by atoms with Gasteiger partial charge in [0.25, 0.3) is 5.88 Å². The number of hydrogen-bond donors (Lipinski definition) is 3. The molecule has 0 saturated heterocycles. The minimum Gasteiger partial charge on any atom is -0.503 e. The van der Waals surface area contributed by atoms with Gasteiger partial charge in [-0.05, 0) is 26.2 Å². The van der Waals surface area contributed by atoms with Gasteiger partial charge in [0.1, 0.15) is 5.60 Å². The molecule has 3 N–H and O–H groups in total. The molecule has 1 saturated carbocycles. The summed E-state index contributed by atoms with van der Waals surface area (Å²) in [7, 11) is 0. The first-order valence-corrected chi connectivity index (χ1v) is 5.15. The van der Waals surface area contributed by atoms with Crippen LogP contribution < -0.4 is 4.84 Å². The lowest BCUT2D eigenvalue weighted by atomic mass is 9.82. The third kappa shape index (κ3) is 2.08. The van der Waals surface area contributed by atoms with E-state index >= 15 is 0 Å². The summed E-state index contributed by atoms with van der Waals surface area (Å²) in [6.45, 7) is 1.77. The van der Waals surface area contributed by atoms with E-state index in [9.17, 15) is 15.0 Å². The fourth-order valence-electron chi connectivity index (χ4n) is 1.62. The molecule has 7 nitrogen and oxygen atoms in total. The van der Waals surface area contributed by atoms with Crippen molar-refractivity contribution < 1.29 is 29.7 Å². The maximum atomic E-state index is 11.4. The molecule has 0 spiro atoms. The highest BCUT2D eigenvalue weighted by Crippen LogP contribution is 2.36. The Balaban J connectivity index is 2.03. The molecule has 0 unspecified atom stereocenters. The van der Waals surface area contributed by atoms with Crippen LogP contribution in [0, 0.1) is 0 Å². The van der Waals surface area contributed by atoms with Crippen LogP contribution in [-0.2, 0) is 4.74 Å². The smallest absolute Gasteiger partial charge is 0.503 e. The summed E-state index contributed by atoms with van der Waals surface area (Å²) in [6, 6.07) is 0.841. The molecule has 1 aliphatic carbocycles. The van der Waals surface area contributed by atoms with E-state index in [0.29, 0.717) is 4.73 Å². The Morgan fingerprint density at radius 3 is 2.47 bits per heavy atom. The van der Waals surface area contributed by atoms with E-state index in [-0.39, 0.29) is 0 Å². The molecule has 0 amide bonds. The van der Waals surface area contributed by atoms with Crippen LogP contribution in [0.1, 0.15) is 26.2 Å². The number of hydrogen-bond acceptors (Lipinski definition) is 6. The Labute approximate surface area is 96.8 Å². The van der Waals surface area contributed by atoms with Gasteiger partial charge in [-0.3, -0.25) is 4.84 Å². The van der Waals surface area contributed by atoms with Crippen molar-refractivity contribution in [1.29, 1.82) is 0 Å². The lowest BCUT2D eigenvalue weighted by molar-refractivity contribution is -0.0717. The molecular weight excluding hydrogens is 230 g/mol. The number of aromatic nitrogens is 1. The second-order valence-corrected chi connectivity index (χ2v) is 4.25. The van der Waals surface area contributed by atoms with Gasteiger partial charge in [-0.25, -0.2) is 4.79 Å². The second kappa shape index (κ2) is 3.76. The Hall–Kier alpha value is -2.05. The van der Waals surface area contributed by atoms with Crippen LogP contribution in [0.2, 0.25) is 0 Å². The second-order valence-electron chi connectivity index (χ2n) is 4.25. The predicted octanol–water partition coefficient (Wildman–Crippen LogP) is 1.11. The molecule has 0 atom stereocenters. The lowest BCUT2D eigenvalue weighted by Crippen LogP contribution is -2.40. The van der Waals surface area contributed by atoms with E-state index in [1.807, 2.05) is 0 Å². The number of rotatable bonds is 2. The van der Waals surface area contributed by atoms with Crippen LogP contribution in [0.25, 0.3) is 0 Å². The maximum absolute atomic E-state index is 11.4. The van der Waals surface area contributed by atoms with E-state index in [1.165, 1.54) is 0 Å². The SMILES string of the molecule is CC1(OC(=O)On2c(O)cc(O)c2O)CCC1. The van der Waals surface area contributed by atoms with Crippen molar-refractivity contribution in [2.45, 2.75) is 31.8 Å². The van der Waals surface area contributed by atoms with Gasteiger partial charge in [-0.2, -0.15) is 0 Å². The van der Waals surface area contributed by atoms with Gasteiger partial charge in [0.2, 0.25) is 5.88 Å². The van der Waals surface area contributed by atoms with E-state index in [4.69, 9.17) is 9.84 Å². The highest BCUT2D eigenvalue weighted by atomic mass is 16.8. The normalized spacial score (nSPS) is 17.2. The van der Waals surface area contributed by atoms with E-state index in [0.717, 1.165) is 25.3 Å². The summed E-state index contributed by atoms with van der Waals surface area (Å²) in [5, 5.41) is 27.6. The Kier molecular flexibility index (Phi) is 2.53. The number of carbonyl (C=O) groups excluding carboxylic acids is 1. The van der Waals surface area contributed by atoms with Crippen LogP contribution in [0.15, 0.2) is 6.07 Å². The van der Waals surface area contributed by atoms with E-state index < -0.39 is 29.3 Å². The zero-order valence-corrected chi connectivity index (χ0v) is 9.21. The average Bonchev–Trinajstić information content (AvgIpc) is 2.43. The third-order valence-corrected chi connectivity index (χ3v) is 2.80. The first-order valence-electron chi connectivity index (χ1n) is 5.15.